The minimum atomic E-state index is -0.128. The molecule has 0 fully saturated rings. The Morgan fingerprint density at radius 2 is 2.12 bits per heavy atom. The van der Waals surface area contributed by atoms with Crippen LogP contribution in [-0.2, 0) is 0 Å². The first-order valence-corrected chi connectivity index (χ1v) is 5.70. The maximum absolute atomic E-state index is 11.9. The molecule has 0 atom stereocenters. The van der Waals surface area contributed by atoms with E-state index in [9.17, 15) is 4.79 Å². The summed E-state index contributed by atoms with van der Waals surface area (Å²) < 4.78 is 0. The molecule has 17 heavy (non-hydrogen) atoms. The van der Waals surface area contributed by atoms with Crippen molar-refractivity contribution in [2.45, 2.75) is 13.3 Å². The van der Waals surface area contributed by atoms with Crippen LogP contribution in [0.2, 0.25) is 0 Å². The van der Waals surface area contributed by atoms with Crippen molar-refractivity contribution in [2.75, 3.05) is 6.54 Å². The fourth-order valence-corrected chi connectivity index (χ4v) is 1.63. The molecular weight excluding hydrogens is 214 g/mol. The number of carbonyl (C=O) groups excluding carboxylic acids is 1. The van der Waals surface area contributed by atoms with E-state index in [1.54, 1.807) is 12.3 Å². The van der Waals surface area contributed by atoms with Crippen LogP contribution in [0.3, 0.4) is 0 Å². The van der Waals surface area contributed by atoms with Gasteiger partial charge in [0.1, 0.15) is 0 Å². The molecular formula is C13H15N3O. The molecule has 0 radical (unpaired) electrons. The molecule has 0 spiro atoms. The van der Waals surface area contributed by atoms with Crippen molar-refractivity contribution in [3.05, 3.63) is 42.1 Å². The molecule has 0 aliphatic heterocycles. The van der Waals surface area contributed by atoms with E-state index < -0.39 is 0 Å². The van der Waals surface area contributed by atoms with Crippen molar-refractivity contribution in [1.82, 2.24) is 15.8 Å². The number of benzene rings is 1. The van der Waals surface area contributed by atoms with Crippen LogP contribution < -0.4 is 10.9 Å². The topological polar surface area (TPSA) is 54.0 Å². The van der Waals surface area contributed by atoms with E-state index in [1.165, 1.54) is 0 Å². The molecule has 2 rings (SSSR count). The molecule has 1 aromatic carbocycles. The largest absolute Gasteiger partial charge is 0.287 e. The molecule has 2 N–H and O–H groups in total. The van der Waals surface area contributed by atoms with Crippen molar-refractivity contribution in [2.24, 2.45) is 0 Å². The van der Waals surface area contributed by atoms with E-state index in [-0.39, 0.29) is 5.91 Å². The SMILES string of the molecule is CCCNNC(=O)c1ccnc2ccccc12. The Labute approximate surface area is 100 Å². The van der Waals surface area contributed by atoms with Gasteiger partial charge >= 0.3 is 0 Å². The highest BCUT2D eigenvalue weighted by molar-refractivity contribution is 6.05. The summed E-state index contributed by atoms with van der Waals surface area (Å²) in [6.07, 6.45) is 2.62. The third-order valence-corrected chi connectivity index (χ3v) is 2.47. The van der Waals surface area contributed by atoms with Gasteiger partial charge in [-0.1, -0.05) is 25.1 Å². The number of amides is 1. The Morgan fingerprint density at radius 1 is 1.29 bits per heavy atom. The molecule has 0 saturated carbocycles. The normalized spacial score (nSPS) is 10.4. The van der Waals surface area contributed by atoms with Crippen LogP contribution in [-0.4, -0.2) is 17.4 Å². The molecule has 0 saturated heterocycles. The summed E-state index contributed by atoms with van der Waals surface area (Å²) in [5, 5.41) is 0.866. The molecule has 1 aromatic heterocycles. The second kappa shape index (κ2) is 5.41. The number of fused-ring (bicyclic) bond motifs is 1. The highest BCUT2D eigenvalue weighted by Crippen LogP contribution is 2.15. The van der Waals surface area contributed by atoms with E-state index in [0.717, 1.165) is 23.9 Å². The van der Waals surface area contributed by atoms with Gasteiger partial charge < -0.3 is 0 Å². The maximum Gasteiger partial charge on any atom is 0.266 e. The summed E-state index contributed by atoms with van der Waals surface area (Å²) in [4.78, 5) is 16.2. The van der Waals surface area contributed by atoms with E-state index in [2.05, 4.69) is 15.8 Å². The molecule has 88 valence electrons. The zero-order chi connectivity index (χ0) is 12.1. The van der Waals surface area contributed by atoms with Gasteiger partial charge in [-0.15, -0.1) is 0 Å². The number of aromatic nitrogens is 1. The lowest BCUT2D eigenvalue weighted by molar-refractivity contribution is 0.0935. The number of rotatable bonds is 4. The van der Waals surface area contributed by atoms with E-state index in [4.69, 9.17) is 0 Å². The number of nitrogens with zero attached hydrogens (tertiary/aromatic N) is 1. The van der Waals surface area contributed by atoms with Gasteiger partial charge in [0, 0.05) is 18.1 Å². The Kier molecular flexibility index (Phi) is 3.67. The number of nitrogens with one attached hydrogen (secondary N) is 2. The number of hydrogen-bond acceptors (Lipinski definition) is 3. The van der Waals surface area contributed by atoms with Gasteiger partial charge in [-0.25, -0.2) is 5.43 Å². The second-order valence-electron chi connectivity index (χ2n) is 3.76. The van der Waals surface area contributed by atoms with Crippen LogP contribution in [0.25, 0.3) is 10.9 Å². The average Bonchev–Trinajstić information content (AvgIpc) is 2.38. The zero-order valence-electron chi connectivity index (χ0n) is 9.73. The first kappa shape index (κ1) is 11.5. The van der Waals surface area contributed by atoms with Crippen molar-refractivity contribution in [3.8, 4) is 0 Å². The van der Waals surface area contributed by atoms with Crippen LogP contribution >= 0.6 is 0 Å². The van der Waals surface area contributed by atoms with Crippen LogP contribution in [0.1, 0.15) is 23.7 Å². The van der Waals surface area contributed by atoms with Gasteiger partial charge in [-0.05, 0) is 18.6 Å². The molecule has 0 bridgehead atoms. The van der Waals surface area contributed by atoms with Crippen molar-refractivity contribution >= 4 is 16.8 Å². The van der Waals surface area contributed by atoms with E-state index in [1.807, 2.05) is 31.2 Å². The molecule has 1 amide bonds. The monoisotopic (exact) mass is 229 g/mol. The van der Waals surface area contributed by atoms with Crippen molar-refractivity contribution in [3.63, 3.8) is 0 Å². The third-order valence-electron chi connectivity index (χ3n) is 2.47. The van der Waals surface area contributed by atoms with Gasteiger partial charge in [-0.2, -0.15) is 0 Å². The predicted octanol–water partition coefficient (Wildman–Crippen LogP) is 1.88. The number of hydrogen-bond donors (Lipinski definition) is 2. The summed E-state index contributed by atoms with van der Waals surface area (Å²) in [6.45, 7) is 2.80. The standard InChI is InChI=1S/C13H15N3O/c1-2-8-15-16-13(17)11-7-9-14-12-6-4-3-5-10(11)12/h3-7,9,15H,2,8H2,1H3,(H,16,17). The number of carbonyl (C=O) groups is 1. The average molecular weight is 229 g/mol. The van der Waals surface area contributed by atoms with Crippen molar-refractivity contribution in [1.29, 1.82) is 0 Å². The van der Waals surface area contributed by atoms with Gasteiger partial charge in [0.2, 0.25) is 0 Å². The molecule has 4 nitrogen and oxygen atoms in total. The molecule has 1 heterocycles. The maximum atomic E-state index is 11.9. The molecule has 0 aliphatic carbocycles. The van der Waals surface area contributed by atoms with E-state index in [0.29, 0.717) is 5.56 Å². The number of para-hydroxylation sites is 1. The Morgan fingerprint density at radius 3 is 2.94 bits per heavy atom. The Balaban J connectivity index is 2.26. The van der Waals surface area contributed by atoms with Crippen LogP contribution in [0.5, 0.6) is 0 Å². The predicted molar refractivity (Wildman–Crippen MR) is 67.5 cm³/mol. The molecule has 4 heteroatoms. The van der Waals surface area contributed by atoms with Crippen molar-refractivity contribution < 1.29 is 4.79 Å². The smallest absolute Gasteiger partial charge is 0.266 e. The summed E-state index contributed by atoms with van der Waals surface area (Å²) in [6, 6.07) is 9.33. The summed E-state index contributed by atoms with van der Waals surface area (Å²) in [7, 11) is 0. The van der Waals surface area contributed by atoms with Gasteiger partial charge in [0.25, 0.3) is 5.91 Å². The number of hydrazine groups is 1. The minimum Gasteiger partial charge on any atom is -0.287 e. The minimum absolute atomic E-state index is 0.128. The summed E-state index contributed by atoms with van der Waals surface area (Å²) in [5.41, 5.74) is 7.02. The van der Waals surface area contributed by atoms with Crippen LogP contribution in [0.15, 0.2) is 36.5 Å². The highest BCUT2D eigenvalue weighted by Gasteiger charge is 2.08. The molecule has 0 aliphatic rings. The first-order chi connectivity index (χ1) is 8.33. The summed E-state index contributed by atoms with van der Waals surface area (Å²) in [5.74, 6) is -0.128. The lowest BCUT2D eigenvalue weighted by Crippen LogP contribution is -2.37. The molecule has 0 unspecified atom stereocenters. The summed E-state index contributed by atoms with van der Waals surface area (Å²) >= 11 is 0. The quantitative estimate of drug-likeness (QED) is 0.621. The van der Waals surface area contributed by atoms with Gasteiger partial charge in [0.05, 0.1) is 11.1 Å². The lowest BCUT2D eigenvalue weighted by atomic mass is 10.1. The van der Waals surface area contributed by atoms with E-state index >= 15 is 0 Å². The Hall–Kier alpha value is -1.94. The number of pyridine rings is 1. The fraction of sp³-hybridized carbons (Fsp3) is 0.231. The zero-order valence-corrected chi connectivity index (χ0v) is 9.73. The van der Waals surface area contributed by atoms with Crippen LogP contribution in [0.4, 0.5) is 0 Å². The second-order valence-corrected chi connectivity index (χ2v) is 3.76. The van der Waals surface area contributed by atoms with Gasteiger partial charge in [-0.3, -0.25) is 15.2 Å². The third kappa shape index (κ3) is 2.60. The van der Waals surface area contributed by atoms with Gasteiger partial charge in [0.15, 0.2) is 0 Å². The fourth-order valence-electron chi connectivity index (χ4n) is 1.63. The highest BCUT2D eigenvalue weighted by atomic mass is 16.2. The first-order valence-electron chi connectivity index (χ1n) is 5.70. The van der Waals surface area contributed by atoms with Crippen LogP contribution in [0, 0.1) is 0 Å². The lowest BCUT2D eigenvalue weighted by Gasteiger charge is -2.07. The molecule has 2 aromatic rings. The Bertz CT molecular complexity index is 520.